The standard InChI is InChI=1S/C25H31N3O2S/c1-16(2)30-21-9-7-19(8-10-21)14-26-24(29)20-6-5-11-28(15-20)25-27-23-18(4)12-17(3)13-22(23)31-25/h7-10,12-13,16,20H,5-6,11,14-15H2,1-4H3,(H,26,29)/t20-/m0/s1. The zero-order valence-electron chi connectivity index (χ0n) is 18.8. The maximum atomic E-state index is 12.9. The van der Waals surface area contributed by atoms with Gasteiger partial charge in [-0.3, -0.25) is 4.79 Å². The van der Waals surface area contributed by atoms with Crippen molar-refractivity contribution >= 4 is 32.6 Å². The lowest BCUT2D eigenvalue weighted by Gasteiger charge is -2.31. The van der Waals surface area contributed by atoms with Crippen LogP contribution in [0.25, 0.3) is 10.2 Å². The molecule has 1 atom stereocenters. The van der Waals surface area contributed by atoms with Crippen LogP contribution >= 0.6 is 11.3 Å². The van der Waals surface area contributed by atoms with Crippen LogP contribution in [0.3, 0.4) is 0 Å². The molecule has 3 aromatic rings. The summed E-state index contributed by atoms with van der Waals surface area (Å²) in [5.41, 5.74) is 4.64. The first-order chi connectivity index (χ1) is 14.9. The Morgan fingerprint density at radius 1 is 1.26 bits per heavy atom. The van der Waals surface area contributed by atoms with Crippen molar-refractivity contribution in [2.75, 3.05) is 18.0 Å². The fourth-order valence-corrected chi connectivity index (χ4v) is 5.33. The van der Waals surface area contributed by atoms with Gasteiger partial charge in [0, 0.05) is 19.6 Å². The third-order valence-electron chi connectivity index (χ3n) is 5.64. The fourth-order valence-electron chi connectivity index (χ4n) is 4.15. The Balaban J connectivity index is 1.37. The summed E-state index contributed by atoms with van der Waals surface area (Å²) in [4.78, 5) is 20.0. The first kappa shape index (κ1) is 21.6. The van der Waals surface area contributed by atoms with E-state index in [1.54, 1.807) is 11.3 Å². The molecule has 4 rings (SSSR count). The number of piperidine rings is 1. The number of ether oxygens (including phenoxy) is 1. The van der Waals surface area contributed by atoms with Gasteiger partial charge in [0.25, 0.3) is 0 Å². The molecule has 5 nitrogen and oxygen atoms in total. The van der Waals surface area contributed by atoms with E-state index in [-0.39, 0.29) is 17.9 Å². The molecule has 0 spiro atoms. The van der Waals surface area contributed by atoms with Crippen molar-refractivity contribution in [2.45, 2.75) is 53.2 Å². The third-order valence-corrected chi connectivity index (χ3v) is 6.71. The summed E-state index contributed by atoms with van der Waals surface area (Å²) in [7, 11) is 0. The van der Waals surface area contributed by atoms with Crippen LogP contribution in [0.5, 0.6) is 5.75 Å². The van der Waals surface area contributed by atoms with Crippen LogP contribution < -0.4 is 15.0 Å². The molecule has 1 amide bonds. The first-order valence-electron chi connectivity index (χ1n) is 11.0. The molecule has 1 saturated heterocycles. The summed E-state index contributed by atoms with van der Waals surface area (Å²) >= 11 is 1.73. The second-order valence-corrected chi connectivity index (χ2v) is 9.75. The number of carbonyl (C=O) groups excluding carboxylic acids is 1. The zero-order valence-corrected chi connectivity index (χ0v) is 19.6. The van der Waals surface area contributed by atoms with Gasteiger partial charge in [-0.2, -0.15) is 0 Å². The Labute approximate surface area is 188 Å². The van der Waals surface area contributed by atoms with Crippen molar-refractivity contribution in [2.24, 2.45) is 5.92 Å². The summed E-state index contributed by atoms with van der Waals surface area (Å²) in [5.74, 6) is 0.974. The summed E-state index contributed by atoms with van der Waals surface area (Å²) in [6, 6.07) is 12.3. The third kappa shape index (κ3) is 5.18. The number of aryl methyl sites for hydroxylation is 2. The van der Waals surface area contributed by atoms with E-state index in [4.69, 9.17) is 9.72 Å². The summed E-state index contributed by atoms with van der Waals surface area (Å²) in [5, 5.41) is 4.15. The van der Waals surface area contributed by atoms with E-state index >= 15 is 0 Å². The van der Waals surface area contributed by atoms with Gasteiger partial charge in [-0.25, -0.2) is 4.98 Å². The molecule has 1 fully saturated rings. The van der Waals surface area contributed by atoms with Crippen molar-refractivity contribution < 1.29 is 9.53 Å². The SMILES string of the molecule is Cc1cc(C)c2nc(N3CCC[C@H](C(=O)NCc4ccc(OC(C)C)cc4)C3)sc2c1. The van der Waals surface area contributed by atoms with Gasteiger partial charge in [0.05, 0.1) is 22.2 Å². The quantitative estimate of drug-likeness (QED) is 0.573. The molecule has 0 aliphatic carbocycles. The van der Waals surface area contributed by atoms with Gasteiger partial charge in [0.15, 0.2) is 5.13 Å². The second-order valence-electron chi connectivity index (χ2n) is 8.74. The van der Waals surface area contributed by atoms with Gasteiger partial charge in [-0.1, -0.05) is 29.5 Å². The van der Waals surface area contributed by atoms with Crippen LogP contribution in [-0.2, 0) is 11.3 Å². The molecular formula is C25H31N3O2S. The highest BCUT2D eigenvalue weighted by molar-refractivity contribution is 7.22. The predicted octanol–water partition coefficient (Wildman–Crippen LogP) is 5.23. The van der Waals surface area contributed by atoms with Gasteiger partial charge in [0.2, 0.25) is 5.91 Å². The molecule has 0 saturated carbocycles. The smallest absolute Gasteiger partial charge is 0.225 e. The van der Waals surface area contributed by atoms with Crippen LogP contribution in [0.15, 0.2) is 36.4 Å². The number of carbonyl (C=O) groups is 1. The minimum Gasteiger partial charge on any atom is -0.491 e. The van der Waals surface area contributed by atoms with E-state index in [0.717, 1.165) is 47.9 Å². The van der Waals surface area contributed by atoms with Gasteiger partial charge < -0.3 is 15.0 Å². The summed E-state index contributed by atoms with van der Waals surface area (Å²) < 4.78 is 6.91. The summed E-state index contributed by atoms with van der Waals surface area (Å²) in [6.07, 6.45) is 2.09. The Hall–Kier alpha value is -2.60. The molecule has 31 heavy (non-hydrogen) atoms. The van der Waals surface area contributed by atoms with Crippen LogP contribution in [0.4, 0.5) is 5.13 Å². The Morgan fingerprint density at radius 3 is 2.77 bits per heavy atom. The lowest BCUT2D eigenvalue weighted by Crippen LogP contribution is -2.42. The normalized spacial score (nSPS) is 16.7. The molecule has 1 aromatic heterocycles. The van der Waals surface area contributed by atoms with Crippen molar-refractivity contribution in [3.63, 3.8) is 0 Å². The number of anilines is 1. The lowest BCUT2D eigenvalue weighted by molar-refractivity contribution is -0.125. The number of nitrogens with zero attached hydrogens (tertiary/aromatic N) is 2. The van der Waals surface area contributed by atoms with E-state index in [2.05, 4.69) is 36.2 Å². The molecule has 1 N–H and O–H groups in total. The number of hydrogen-bond donors (Lipinski definition) is 1. The van der Waals surface area contributed by atoms with Gasteiger partial charge in [-0.05, 0) is 75.4 Å². The molecular weight excluding hydrogens is 406 g/mol. The molecule has 2 aromatic carbocycles. The zero-order chi connectivity index (χ0) is 22.0. The minimum absolute atomic E-state index is 0.00728. The van der Waals surface area contributed by atoms with Crippen molar-refractivity contribution in [3.8, 4) is 5.75 Å². The van der Waals surface area contributed by atoms with E-state index < -0.39 is 0 Å². The topological polar surface area (TPSA) is 54.5 Å². The highest BCUT2D eigenvalue weighted by atomic mass is 32.1. The lowest BCUT2D eigenvalue weighted by atomic mass is 9.97. The largest absolute Gasteiger partial charge is 0.491 e. The monoisotopic (exact) mass is 437 g/mol. The average molecular weight is 438 g/mol. The van der Waals surface area contributed by atoms with Crippen LogP contribution in [0.1, 0.15) is 43.4 Å². The molecule has 0 radical (unpaired) electrons. The molecule has 1 aliphatic rings. The molecule has 6 heteroatoms. The Bertz CT molecular complexity index is 1060. The number of benzene rings is 2. The molecule has 0 bridgehead atoms. The highest BCUT2D eigenvalue weighted by Gasteiger charge is 2.27. The Morgan fingerprint density at radius 2 is 2.03 bits per heavy atom. The maximum Gasteiger partial charge on any atom is 0.225 e. The van der Waals surface area contributed by atoms with E-state index in [9.17, 15) is 4.79 Å². The fraction of sp³-hybridized carbons (Fsp3) is 0.440. The van der Waals surface area contributed by atoms with Crippen LogP contribution in [-0.4, -0.2) is 30.1 Å². The molecule has 164 valence electrons. The number of rotatable bonds is 6. The van der Waals surface area contributed by atoms with E-state index in [1.807, 2.05) is 38.1 Å². The average Bonchev–Trinajstić information content (AvgIpc) is 3.17. The Kier molecular flexibility index (Phi) is 6.46. The number of nitrogens with one attached hydrogen (secondary N) is 1. The van der Waals surface area contributed by atoms with E-state index in [1.165, 1.54) is 15.8 Å². The maximum absolute atomic E-state index is 12.9. The number of hydrogen-bond acceptors (Lipinski definition) is 5. The molecule has 0 unspecified atom stereocenters. The number of fused-ring (bicyclic) bond motifs is 1. The second kappa shape index (κ2) is 9.27. The minimum atomic E-state index is -0.00728. The predicted molar refractivity (Wildman–Crippen MR) is 128 cm³/mol. The van der Waals surface area contributed by atoms with Gasteiger partial charge in [-0.15, -0.1) is 0 Å². The first-order valence-corrected chi connectivity index (χ1v) is 11.9. The highest BCUT2D eigenvalue weighted by Crippen LogP contribution is 2.33. The van der Waals surface area contributed by atoms with Crippen LogP contribution in [0, 0.1) is 19.8 Å². The van der Waals surface area contributed by atoms with Gasteiger partial charge in [0.1, 0.15) is 5.75 Å². The number of aromatic nitrogens is 1. The van der Waals surface area contributed by atoms with Crippen molar-refractivity contribution in [3.05, 3.63) is 53.1 Å². The number of amides is 1. The summed E-state index contributed by atoms with van der Waals surface area (Å²) in [6.45, 7) is 10.5. The van der Waals surface area contributed by atoms with Crippen LogP contribution in [0.2, 0.25) is 0 Å². The molecule has 2 heterocycles. The van der Waals surface area contributed by atoms with Crippen molar-refractivity contribution in [1.29, 1.82) is 0 Å². The number of thiazole rings is 1. The molecule has 1 aliphatic heterocycles. The van der Waals surface area contributed by atoms with Crippen molar-refractivity contribution in [1.82, 2.24) is 10.3 Å². The van der Waals surface area contributed by atoms with Gasteiger partial charge >= 0.3 is 0 Å². The van der Waals surface area contributed by atoms with E-state index in [0.29, 0.717) is 6.54 Å².